The summed E-state index contributed by atoms with van der Waals surface area (Å²) in [5.41, 5.74) is 0.528. The molecule has 3 atom stereocenters. The molecule has 12 nitrogen and oxygen atoms in total. The maximum absolute atomic E-state index is 12.9. The van der Waals surface area contributed by atoms with E-state index in [1.807, 2.05) is 0 Å². The van der Waals surface area contributed by atoms with Crippen LogP contribution in [-0.4, -0.2) is 48.8 Å². The average molecular weight is 670 g/mol. The van der Waals surface area contributed by atoms with Gasteiger partial charge >= 0.3 is 11.7 Å². The molecule has 1 aliphatic carbocycles. The predicted molar refractivity (Wildman–Crippen MR) is 178 cm³/mol. The number of carbonyl (C=O) groups is 2. The monoisotopic (exact) mass is 669 g/mol. The Kier molecular flexibility index (Phi) is 11.9. The lowest BCUT2D eigenvalue weighted by molar-refractivity contribution is -0.385. The number of hydrogen-bond donors (Lipinski definition) is 3. The van der Waals surface area contributed by atoms with E-state index in [9.17, 15) is 24.8 Å². The Balaban J connectivity index is 1.49. The molecule has 1 aliphatic rings. The van der Waals surface area contributed by atoms with E-state index in [4.69, 9.17) is 30.5 Å². The summed E-state index contributed by atoms with van der Waals surface area (Å²) < 4.78 is 23.0. The molecule has 3 aromatic carbocycles. The van der Waals surface area contributed by atoms with Gasteiger partial charge in [0, 0.05) is 35.0 Å². The normalized spacial score (nSPS) is 17.6. The molecule has 0 aliphatic heterocycles. The van der Waals surface area contributed by atoms with Crippen molar-refractivity contribution in [1.82, 2.24) is 0 Å². The van der Waals surface area contributed by atoms with E-state index in [1.165, 1.54) is 20.6 Å². The molecule has 0 heterocycles. The van der Waals surface area contributed by atoms with Gasteiger partial charge in [-0.3, -0.25) is 14.9 Å². The van der Waals surface area contributed by atoms with E-state index in [-0.39, 0.29) is 41.7 Å². The number of halogens is 1. The first kappa shape index (κ1) is 35.3. The highest BCUT2D eigenvalue weighted by molar-refractivity contribution is 6.31. The van der Waals surface area contributed by atoms with Crippen LogP contribution in [0.15, 0.2) is 48.5 Å². The number of rotatable bonds is 14. The molecule has 1 saturated carbocycles. The van der Waals surface area contributed by atoms with Crippen LogP contribution in [0, 0.1) is 27.9 Å². The number of nitrogens with one attached hydrogen (secondary N) is 2. The van der Waals surface area contributed by atoms with Gasteiger partial charge in [0.15, 0.2) is 11.5 Å². The van der Waals surface area contributed by atoms with Gasteiger partial charge in [0.2, 0.25) is 11.7 Å². The molecule has 252 valence electrons. The van der Waals surface area contributed by atoms with Gasteiger partial charge in [-0.1, -0.05) is 57.3 Å². The molecule has 47 heavy (non-hydrogen) atoms. The SMILES string of the molecule is COc1cc(NCc2cccc(OC)c2Oc2c(C(=O)O)cc(Cl)cc2[N+](=O)[O-])ccc1NC(=O)COC1CCCC(C)C1C(C)C. The van der Waals surface area contributed by atoms with Crippen LogP contribution in [0.5, 0.6) is 23.0 Å². The largest absolute Gasteiger partial charge is 0.494 e. The first-order valence-electron chi connectivity index (χ1n) is 15.3. The van der Waals surface area contributed by atoms with E-state index in [0.29, 0.717) is 40.4 Å². The summed E-state index contributed by atoms with van der Waals surface area (Å²) in [6.45, 7) is 6.75. The number of benzene rings is 3. The zero-order valence-electron chi connectivity index (χ0n) is 27.0. The molecule has 3 N–H and O–H groups in total. The second-order valence-electron chi connectivity index (χ2n) is 11.8. The number of ether oxygens (including phenoxy) is 4. The Labute approximate surface area is 278 Å². The number of methoxy groups -OCH3 is 2. The maximum atomic E-state index is 12.9. The van der Waals surface area contributed by atoms with Gasteiger partial charge in [-0.25, -0.2) is 4.79 Å². The van der Waals surface area contributed by atoms with E-state index in [0.717, 1.165) is 25.0 Å². The highest BCUT2D eigenvalue weighted by Gasteiger charge is 2.34. The second kappa shape index (κ2) is 15.8. The molecular formula is C34H40ClN3O9. The van der Waals surface area contributed by atoms with Crippen molar-refractivity contribution in [3.63, 3.8) is 0 Å². The third-order valence-electron chi connectivity index (χ3n) is 8.34. The Morgan fingerprint density at radius 3 is 2.47 bits per heavy atom. The maximum Gasteiger partial charge on any atom is 0.339 e. The van der Waals surface area contributed by atoms with E-state index in [2.05, 4.69) is 31.4 Å². The Hall–Kier alpha value is -4.55. The molecule has 3 unspecified atom stereocenters. The highest BCUT2D eigenvalue weighted by atomic mass is 35.5. The molecule has 0 saturated heterocycles. The number of aromatic carboxylic acids is 1. The van der Waals surface area contributed by atoms with Crippen LogP contribution in [0.4, 0.5) is 17.1 Å². The fourth-order valence-electron chi connectivity index (χ4n) is 6.20. The first-order valence-corrected chi connectivity index (χ1v) is 15.7. The molecule has 0 bridgehead atoms. The highest BCUT2D eigenvalue weighted by Crippen LogP contribution is 2.43. The average Bonchev–Trinajstić information content (AvgIpc) is 3.03. The lowest BCUT2D eigenvalue weighted by Gasteiger charge is -2.38. The van der Waals surface area contributed by atoms with Crippen LogP contribution in [-0.2, 0) is 16.1 Å². The van der Waals surface area contributed by atoms with E-state index < -0.39 is 27.9 Å². The number of amides is 1. The number of anilines is 2. The summed E-state index contributed by atoms with van der Waals surface area (Å²) in [5, 5.41) is 27.5. The van der Waals surface area contributed by atoms with Gasteiger partial charge in [0.1, 0.15) is 17.9 Å². The van der Waals surface area contributed by atoms with Crippen molar-refractivity contribution >= 4 is 40.5 Å². The molecule has 0 radical (unpaired) electrons. The van der Waals surface area contributed by atoms with Crippen molar-refractivity contribution in [1.29, 1.82) is 0 Å². The lowest BCUT2D eigenvalue weighted by atomic mass is 9.72. The van der Waals surface area contributed by atoms with Crippen LogP contribution in [0.2, 0.25) is 5.02 Å². The smallest absolute Gasteiger partial charge is 0.339 e. The van der Waals surface area contributed by atoms with Crippen molar-refractivity contribution in [2.45, 2.75) is 52.7 Å². The number of nitrogens with zero attached hydrogens (tertiary/aromatic N) is 1. The number of carboxylic acids is 1. The molecule has 0 spiro atoms. The Morgan fingerprint density at radius 1 is 1.06 bits per heavy atom. The zero-order valence-corrected chi connectivity index (χ0v) is 27.8. The minimum atomic E-state index is -1.45. The number of nitro benzene ring substituents is 1. The van der Waals surface area contributed by atoms with Crippen LogP contribution < -0.4 is 24.8 Å². The molecular weight excluding hydrogens is 630 g/mol. The number of carboxylic acid groups (broad SMARTS) is 1. The van der Waals surface area contributed by atoms with Gasteiger partial charge in [0.05, 0.1) is 30.9 Å². The third kappa shape index (κ3) is 8.63. The van der Waals surface area contributed by atoms with Gasteiger partial charge in [-0.15, -0.1) is 0 Å². The van der Waals surface area contributed by atoms with Crippen molar-refractivity contribution < 1.29 is 38.6 Å². The van der Waals surface area contributed by atoms with Crippen molar-refractivity contribution in [3.05, 3.63) is 74.8 Å². The fraction of sp³-hybridized carbons (Fsp3) is 0.412. The lowest BCUT2D eigenvalue weighted by Crippen LogP contribution is -2.38. The summed E-state index contributed by atoms with van der Waals surface area (Å²) in [7, 11) is 2.89. The predicted octanol–water partition coefficient (Wildman–Crippen LogP) is 7.78. The number of hydrogen-bond acceptors (Lipinski definition) is 9. The Morgan fingerprint density at radius 2 is 1.81 bits per heavy atom. The summed E-state index contributed by atoms with van der Waals surface area (Å²) in [4.78, 5) is 35.8. The minimum Gasteiger partial charge on any atom is -0.494 e. The van der Waals surface area contributed by atoms with Crippen LogP contribution in [0.3, 0.4) is 0 Å². The standard InChI is InChI=1S/C34H40ClN3O9/c1-19(2)31-20(3)8-6-10-27(31)46-18-30(39)37-25-13-12-23(16-29(25)45-5)36-17-21-9-7-11-28(44-4)32(21)47-33-24(34(40)41)14-22(35)15-26(33)38(42)43/h7,9,11-16,19-20,27,31,36H,6,8,10,17-18H2,1-5H3,(H,37,39)(H,40,41). The minimum absolute atomic E-state index is 0.0463. The third-order valence-corrected chi connectivity index (χ3v) is 8.56. The number of carbonyl (C=O) groups excluding carboxylic acids is 1. The van der Waals surface area contributed by atoms with Crippen molar-refractivity contribution in [2.24, 2.45) is 17.8 Å². The second-order valence-corrected chi connectivity index (χ2v) is 12.2. The quantitative estimate of drug-likeness (QED) is 0.114. The molecule has 4 rings (SSSR count). The zero-order chi connectivity index (χ0) is 34.2. The topological polar surface area (TPSA) is 158 Å². The van der Waals surface area contributed by atoms with Crippen LogP contribution in [0.1, 0.15) is 56.0 Å². The molecule has 1 amide bonds. The first-order chi connectivity index (χ1) is 22.4. The number of nitro groups is 1. The number of para-hydroxylation sites is 1. The van der Waals surface area contributed by atoms with Gasteiger partial charge in [-0.05, 0) is 48.4 Å². The van der Waals surface area contributed by atoms with Crippen LogP contribution >= 0.6 is 11.6 Å². The van der Waals surface area contributed by atoms with Crippen molar-refractivity contribution in [2.75, 3.05) is 31.5 Å². The van der Waals surface area contributed by atoms with Gasteiger partial charge in [-0.2, -0.15) is 0 Å². The van der Waals surface area contributed by atoms with E-state index in [1.54, 1.807) is 36.4 Å². The molecule has 0 aromatic heterocycles. The summed E-state index contributed by atoms with van der Waals surface area (Å²) in [5.74, 6) is -0.0583. The van der Waals surface area contributed by atoms with Gasteiger partial charge in [0.25, 0.3) is 0 Å². The summed E-state index contributed by atoms with van der Waals surface area (Å²) in [6.07, 6.45) is 3.26. The molecule has 3 aromatic rings. The molecule has 13 heteroatoms. The summed E-state index contributed by atoms with van der Waals surface area (Å²) in [6, 6.07) is 12.3. The van der Waals surface area contributed by atoms with E-state index >= 15 is 0 Å². The fourth-order valence-corrected chi connectivity index (χ4v) is 6.42. The van der Waals surface area contributed by atoms with Gasteiger partial charge < -0.3 is 34.7 Å². The summed E-state index contributed by atoms with van der Waals surface area (Å²) >= 11 is 5.95. The van der Waals surface area contributed by atoms with Crippen molar-refractivity contribution in [3.8, 4) is 23.0 Å². The van der Waals surface area contributed by atoms with Crippen LogP contribution in [0.25, 0.3) is 0 Å². The Bertz CT molecular complexity index is 1580. The molecule has 1 fully saturated rings.